The Kier molecular flexibility index (Phi) is 5.09. The molecule has 1 saturated heterocycles. The van der Waals surface area contributed by atoms with Crippen LogP contribution >= 0.6 is 11.3 Å². The van der Waals surface area contributed by atoms with Gasteiger partial charge in [0.15, 0.2) is 5.13 Å². The number of rotatable bonds is 5. The van der Waals surface area contributed by atoms with Crippen LogP contribution in [0, 0.1) is 6.92 Å². The van der Waals surface area contributed by atoms with Gasteiger partial charge in [0.05, 0.1) is 35.5 Å². The smallest absolute Gasteiger partial charge is 0.263 e. The number of hydrogen-bond donors (Lipinski definition) is 0. The summed E-state index contributed by atoms with van der Waals surface area (Å²) in [5.74, 6) is 0.455. The molecule has 0 bridgehead atoms. The third-order valence-electron chi connectivity index (χ3n) is 4.83. The minimum atomic E-state index is -0.111. The Morgan fingerprint density at radius 1 is 1.30 bits per heavy atom. The first-order valence-electron chi connectivity index (χ1n) is 9.10. The van der Waals surface area contributed by atoms with Crippen LogP contribution < -0.4 is 9.64 Å². The molecule has 6 heteroatoms. The number of carbonyl (C=O) groups excluding carboxylic acids is 1. The lowest BCUT2D eigenvalue weighted by Crippen LogP contribution is -2.37. The average Bonchev–Trinajstić information content (AvgIpc) is 3.35. The lowest BCUT2D eigenvalue weighted by Gasteiger charge is -2.23. The molecule has 2 aromatic carbocycles. The standard InChI is InChI=1S/C21H22N2O3S/c1-14-7-5-11-18-19(14)22-21(27-18)23(13-15-8-6-12-26-15)20(24)16-9-3-4-10-17(16)25-2/h3-5,7,9-11,15H,6,8,12-13H2,1-2H3. The summed E-state index contributed by atoms with van der Waals surface area (Å²) in [6.07, 6.45) is 2.02. The zero-order chi connectivity index (χ0) is 18.8. The largest absolute Gasteiger partial charge is 0.496 e. The molecule has 1 atom stereocenters. The maximum absolute atomic E-state index is 13.4. The lowest BCUT2D eigenvalue weighted by atomic mass is 10.1. The van der Waals surface area contributed by atoms with E-state index in [4.69, 9.17) is 14.5 Å². The van der Waals surface area contributed by atoms with Crippen molar-refractivity contribution >= 4 is 32.6 Å². The number of thiazole rings is 1. The van der Waals surface area contributed by atoms with Crippen molar-refractivity contribution in [2.75, 3.05) is 25.2 Å². The van der Waals surface area contributed by atoms with Gasteiger partial charge in [-0.3, -0.25) is 9.69 Å². The van der Waals surface area contributed by atoms with E-state index in [1.54, 1.807) is 24.1 Å². The number of benzene rings is 2. The summed E-state index contributed by atoms with van der Waals surface area (Å²) in [4.78, 5) is 20.0. The summed E-state index contributed by atoms with van der Waals surface area (Å²) >= 11 is 1.54. The van der Waals surface area contributed by atoms with Gasteiger partial charge >= 0.3 is 0 Å². The molecular formula is C21H22N2O3S. The van der Waals surface area contributed by atoms with Crippen molar-refractivity contribution in [2.45, 2.75) is 25.9 Å². The van der Waals surface area contributed by atoms with Gasteiger partial charge in [-0.15, -0.1) is 0 Å². The number of nitrogens with zero attached hydrogens (tertiary/aromatic N) is 2. The summed E-state index contributed by atoms with van der Waals surface area (Å²) in [6.45, 7) is 3.29. The summed E-state index contributed by atoms with van der Waals surface area (Å²) in [7, 11) is 1.58. The van der Waals surface area contributed by atoms with Gasteiger partial charge in [0.25, 0.3) is 5.91 Å². The molecule has 1 aromatic heterocycles. The number of carbonyl (C=O) groups is 1. The van der Waals surface area contributed by atoms with Gasteiger partial charge in [0.1, 0.15) is 5.75 Å². The fourth-order valence-corrected chi connectivity index (χ4v) is 4.45. The number of anilines is 1. The molecule has 0 spiro atoms. The summed E-state index contributed by atoms with van der Waals surface area (Å²) in [5.41, 5.74) is 2.59. The van der Waals surface area contributed by atoms with E-state index in [-0.39, 0.29) is 12.0 Å². The van der Waals surface area contributed by atoms with Crippen molar-refractivity contribution in [1.29, 1.82) is 0 Å². The Hall–Kier alpha value is -2.44. The van der Waals surface area contributed by atoms with Gasteiger partial charge in [0.2, 0.25) is 0 Å². The van der Waals surface area contributed by atoms with E-state index in [1.165, 1.54) is 11.3 Å². The van der Waals surface area contributed by atoms with Crippen LogP contribution in [0.5, 0.6) is 5.75 Å². The molecule has 4 rings (SSSR count). The minimum Gasteiger partial charge on any atom is -0.496 e. The van der Waals surface area contributed by atoms with E-state index in [0.717, 1.165) is 35.2 Å². The highest BCUT2D eigenvalue weighted by Crippen LogP contribution is 2.33. The van der Waals surface area contributed by atoms with Crippen molar-refractivity contribution in [3.8, 4) is 5.75 Å². The fourth-order valence-electron chi connectivity index (χ4n) is 3.40. The third-order valence-corrected chi connectivity index (χ3v) is 5.88. The number of methoxy groups -OCH3 is 1. The van der Waals surface area contributed by atoms with Crippen LogP contribution in [0.4, 0.5) is 5.13 Å². The van der Waals surface area contributed by atoms with Crippen LogP contribution in [0.2, 0.25) is 0 Å². The van der Waals surface area contributed by atoms with Gasteiger partial charge in [-0.1, -0.05) is 35.6 Å². The third kappa shape index (κ3) is 3.55. The van der Waals surface area contributed by atoms with Crippen LogP contribution in [0.1, 0.15) is 28.8 Å². The van der Waals surface area contributed by atoms with E-state index in [0.29, 0.717) is 23.0 Å². The number of aromatic nitrogens is 1. The molecule has 0 radical (unpaired) electrons. The van der Waals surface area contributed by atoms with Gasteiger partial charge in [0, 0.05) is 6.61 Å². The second-order valence-corrected chi connectivity index (χ2v) is 7.68. The normalized spacial score (nSPS) is 16.6. The Morgan fingerprint density at radius 3 is 2.89 bits per heavy atom. The number of para-hydroxylation sites is 2. The second-order valence-electron chi connectivity index (χ2n) is 6.67. The van der Waals surface area contributed by atoms with Gasteiger partial charge in [-0.2, -0.15) is 0 Å². The predicted octanol–water partition coefficient (Wildman–Crippen LogP) is 4.44. The Labute approximate surface area is 162 Å². The van der Waals surface area contributed by atoms with Crippen LogP contribution in [-0.4, -0.2) is 37.3 Å². The van der Waals surface area contributed by atoms with Gasteiger partial charge in [-0.25, -0.2) is 4.98 Å². The number of fused-ring (bicyclic) bond motifs is 1. The SMILES string of the molecule is COc1ccccc1C(=O)N(CC1CCCO1)c1nc2c(C)cccc2s1. The van der Waals surface area contributed by atoms with Crippen molar-refractivity contribution in [3.63, 3.8) is 0 Å². The monoisotopic (exact) mass is 382 g/mol. The number of aryl methyl sites for hydroxylation is 1. The predicted molar refractivity (Wildman–Crippen MR) is 108 cm³/mol. The van der Waals surface area contributed by atoms with Crippen LogP contribution in [0.3, 0.4) is 0 Å². The maximum Gasteiger partial charge on any atom is 0.263 e. The van der Waals surface area contributed by atoms with Crippen LogP contribution in [-0.2, 0) is 4.74 Å². The molecule has 1 fully saturated rings. The number of hydrogen-bond acceptors (Lipinski definition) is 5. The topological polar surface area (TPSA) is 51.7 Å². The molecule has 5 nitrogen and oxygen atoms in total. The molecule has 1 amide bonds. The van der Waals surface area contributed by atoms with Crippen molar-refractivity contribution < 1.29 is 14.3 Å². The quantitative estimate of drug-likeness (QED) is 0.655. The highest BCUT2D eigenvalue weighted by molar-refractivity contribution is 7.22. The van der Waals surface area contributed by atoms with Crippen molar-refractivity contribution in [3.05, 3.63) is 53.6 Å². The molecule has 1 aliphatic heterocycles. The Balaban J connectivity index is 1.75. The number of ether oxygens (including phenoxy) is 2. The van der Waals surface area contributed by atoms with Crippen LogP contribution in [0.25, 0.3) is 10.2 Å². The molecule has 0 aliphatic carbocycles. The fraction of sp³-hybridized carbons (Fsp3) is 0.333. The van der Waals surface area contributed by atoms with E-state index >= 15 is 0 Å². The highest BCUT2D eigenvalue weighted by Gasteiger charge is 2.28. The molecule has 0 saturated carbocycles. The highest BCUT2D eigenvalue weighted by atomic mass is 32.1. The lowest BCUT2D eigenvalue weighted by molar-refractivity contribution is 0.0915. The maximum atomic E-state index is 13.4. The minimum absolute atomic E-state index is 0.0387. The molecule has 140 valence electrons. The van der Waals surface area contributed by atoms with E-state index in [1.807, 2.05) is 37.3 Å². The summed E-state index contributed by atoms with van der Waals surface area (Å²) in [5, 5.41) is 0.700. The zero-order valence-electron chi connectivity index (χ0n) is 15.5. The van der Waals surface area contributed by atoms with Crippen LogP contribution in [0.15, 0.2) is 42.5 Å². The van der Waals surface area contributed by atoms with Gasteiger partial charge < -0.3 is 9.47 Å². The molecule has 0 N–H and O–H groups in total. The molecule has 1 aliphatic rings. The van der Waals surface area contributed by atoms with E-state index in [9.17, 15) is 4.79 Å². The first-order chi connectivity index (χ1) is 13.2. The molecule has 1 unspecified atom stereocenters. The second kappa shape index (κ2) is 7.66. The summed E-state index contributed by atoms with van der Waals surface area (Å²) in [6, 6.07) is 13.4. The van der Waals surface area contributed by atoms with Crippen molar-refractivity contribution in [1.82, 2.24) is 4.98 Å². The molecule has 27 heavy (non-hydrogen) atoms. The summed E-state index contributed by atoms with van der Waals surface area (Å²) < 4.78 is 12.3. The Morgan fingerprint density at radius 2 is 2.15 bits per heavy atom. The van der Waals surface area contributed by atoms with Gasteiger partial charge in [-0.05, 0) is 43.5 Å². The molecule has 3 aromatic rings. The first-order valence-corrected chi connectivity index (χ1v) is 9.91. The average molecular weight is 382 g/mol. The Bertz CT molecular complexity index is 963. The zero-order valence-corrected chi connectivity index (χ0v) is 16.3. The van der Waals surface area contributed by atoms with Crippen molar-refractivity contribution in [2.24, 2.45) is 0 Å². The van der Waals surface area contributed by atoms with E-state index in [2.05, 4.69) is 0 Å². The van der Waals surface area contributed by atoms with E-state index < -0.39 is 0 Å². The number of amides is 1. The molecular weight excluding hydrogens is 360 g/mol. The first kappa shape index (κ1) is 17.9. The molecule has 2 heterocycles.